The first-order valence-electron chi connectivity index (χ1n) is 10.4. The molecule has 1 heterocycles. The van der Waals surface area contributed by atoms with E-state index in [4.69, 9.17) is 13.7 Å². The van der Waals surface area contributed by atoms with Crippen LogP contribution in [-0.2, 0) is 20.7 Å². The first kappa shape index (κ1) is 24.4. The number of likely N-dealkylation sites (N-methyl/N-ethyl adjacent to an activating group) is 1. The van der Waals surface area contributed by atoms with E-state index in [9.17, 15) is 13.2 Å². The Morgan fingerprint density at radius 3 is 2.63 bits per heavy atom. The van der Waals surface area contributed by atoms with Gasteiger partial charge in [0.2, 0.25) is 0 Å². The average molecular weight is 443 g/mol. The molecule has 1 saturated heterocycles. The SMILES string of the molecule is CCN1CCC[C@H]1CNC(=O)c1cc(CCCCOS(C)(=O)=O)cc(OC)c1OC. The number of hydrogen-bond donors (Lipinski definition) is 1. The molecule has 0 radical (unpaired) electrons. The zero-order valence-electron chi connectivity index (χ0n) is 18.4. The molecule has 1 atom stereocenters. The number of unbranched alkanes of at least 4 members (excludes halogenated alkanes) is 1. The molecule has 0 aromatic heterocycles. The van der Waals surface area contributed by atoms with Gasteiger partial charge in [0.25, 0.3) is 16.0 Å². The van der Waals surface area contributed by atoms with Gasteiger partial charge in [-0.2, -0.15) is 8.42 Å². The monoisotopic (exact) mass is 442 g/mol. The second-order valence-electron chi connectivity index (χ2n) is 7.50. The summed E-state index contributed by atoms with van der Waals surface area (Å²) in [6, 6.07) is 4.04. The van der Waals surface area contributed by atoms with Gasteiger partial charge in [0, 0.05) is 12.6 Å². The lowest BCUT2D eigenvalue weighted by molar-refractivity contribution is 0.0937. The van der Waals surface area contributed by atoms with Crippen molar-refractivity contribution >= 4 is 16.0 Å². The molecular formula is C21H34N2O6S. The van der Waals surface area contributed by atoms with Crippen LogP contribution in [0, 0.1) is 0 Å². The van der Waals surface area contributed by atoms with E-state index in [0.717, 1.165) is 44.2 Å². The highest BCUT2D eigenvalue weighted by molar-refractivity contribution is 7.85. The van der Waals surface area contributed by atoms with Crippen LogP contribution in [0.25, 0.3) is 0 Å². The highest BCUT2D eigenvalue weighted by atomic mass is 32.2. The predicted octanol–water partition coefficient (Wildman–Crippen LogP) is 2.22. The molecule has 1 aliphatic heterocycles. The van der Waals surface area contributed by atoms with E-state index in [1.807, 2.05) is 12.1 Å². The van der Waals surface area contributed by atoms with Crippen molar-refractivity contribution in [3.8, 4) is 11.5 Å². The minimum absolute atomic E-state index is 0.148. The van der Waals surface area contributed by atoms with Gasteiger partial charge in [-0.1, -0.05) is 6.92 Å². The van der Waals surface area contributed by atoms with Gasteiger partial charge in [0.15, 0.2) is 11.5 Å². The van der Waals surface area contributed by atoms with Gasteiger partial charge < -0.3 is 14.8 Å². The maximum atomic E-state index is 12.9. The van der Waals surface area contributed by atoms with Crippen LogP contribution in [0.15, 0.2) is 12.1 Å². The van der Waals surface area contributed by atoms with E-state index in [0.29, 0.717) is 42.5 Å². The normalized spacial score (nSPS) is 17.1. The third kappa shape index (κ3) is 7.14. The molecule has 1 aromatic rings. The zero-order valence-corrected chi connectivity index (χ0v) is 19.2. The van der Waals surface area contributed by atoms with Crippen LogP contribution in [0.5, 0.6) is 11.5 Å². The van der Waals surface area contributed by atoms with E-state index in [-0.39, 0.29) is 12.5 Å². The fourth-order valence-electron chi connectivity index (χ4n) is 3.82. The van der Waals surface area contributed by atoms with E-state index in [1.165, 1.54) is 7.11 Å². The van der Waals surface area contributed by atoms with Crippen molar-refractivity contribution in [1.29, 1.82) is 0 Å². The van der Waals surface area contributed by atoms with Gasteiger partial charge >= 0.3 is 0 Å². The molecule has 30 heavy (non-hydrogen) atoms. The van der Waals surface area contributed by atoms with Crippen molar-refractivity contribution in [2.45, 2.75) is 45.1 Å². The fourth-order valence-corrected chi connectivity index (χ4v) is 4.24. The van der Waals surface area contributed by atoms with Gasteiger partial charge in [-0.25, -0.2) is 0 Å². The molecule has 0 saturated carbocycles. The molecule has 1 N–H and O–H groups in total. The smallest absolute Gasteiger partial charge is 0.264 e. The summed E-state index contributed by atoms with van der Waals surface area (Å²) in [5, 5.41) is 3.05. The van der Waals surface area contributed by atoms with Crippen LogP contribution in [0.2, 0.25) is 0 Å². The number of ether oxygens (including phenoxy) is 2. The lowest BCUT2D eigenvalue weighted by atomic mass is 10.0. The number of benzene rings is 1. The summed E-state index contributed by atoms with van der Waals surface area (Å²) in [5.41, 5.74) is 1.37. The van der Waals surface area contributed by atoms with Crippen LogP contribution >= 0.6 is 0 Å². The third-order valence-corrected chi connectivity index (χ3v) is 5.94. The third-order valence-electron chi connectivity index (χ3n) is 5.34. The van der Waals surface area contributed by atoms with Gasteiger partial charge in [-0.3, -0.25) is 13.9 Å². The van der Waals surface area contributed by atoms with E-state index >= 15 is 0 Å². The minimum atomic E-state index is -3.42. The van der Waals surface area contributed by atoms with Crippen LogP contribution in [0.3, 0.4) is 0 Å². The fraction of sp³-hybridized carbons (Fsp3) is 0.667. The number of rotatable bonds is 12. The van der Waals surface area contributed by atoms with Crippen molar-refractivity contribution < 1.29 is 26.9 Å². The number of nitrogens with one attached hydrogen (secondary N) is 1. The molecule has 9 heteroatoms. The maximum absolute atomic E-state index is 12.9. The number of nitrogens with zero attached hydrogens (tertiary/aromatic N) is 1. The Morgan fingerprint density at radius 1 is 1.23 bits per heavy atom. The van der Waals surface area contributed by atoms with Gasteiger partial charge in [0.1, 0.15) is 0 Å². The van der Waals surface area contributed by atoms with Crippen LogP contribution < -0.4 is 14.8 Å². The molecule has 1 amide bonds. The number of hydrogen-bond acceptors (Lipinski definition) is 7. The quantitative estimate of drug-likeness (QED) is 0.392. The number of carbonyl (C=O) groups is 1. The van der Waals surface area contributed by atoms with Gasteiger partial charge in [-0.05, 0) is 62.9 Å². The van der Waals surface area contributed by atoms with E-state index in [1.54, 1.807) is 7.11 Å². The Bertz CT molecular complexity index is 812. The number of methoxy groups -OCH3 is 2. The summed E-state index contributed by atoms with van der Waals surface area (Å²) >= 11 is 0. The van der Waals surface area contributed by atoms with Gasteiger partial charge in [0.05, 0.1) is 32.6 Å². The average Bonchev–Trinajstić information content (AvgIpc) is 3.17. The summed E-state index contributed by atoms with van der Waals surface area (Å²) in [6.07, 6.45) is 5.27. The number of amides is 1. The van der Waals surface area contributed by atoms with Crippen molar-refractivity contribution in [2.75, 3.05) is 46.7 Å². The molecule has 0 unspecified atom stereocenters. The Labute approximate surface area is 180 Å². The number of aryl methyl sites for hydroxylation is 1. The Balaban J connectivity index is 2.05. The van der Waals surface area contributed by atoms with Crippen molar-refractivity contribution in [2.24, 2.45) is 0 Å². The first-order valence-corrected chi connectivity index (χ1v) is 12.2. The molecular weight excluding hydrogens is 408 g/mol. The Morgan fingerprint density at radius 2 is 2.00 bits per heavy atom. The van der Waals surface area contributed by atoms with Crippen LogP contribution in [-0.4, -0.2) is 72.0 Å². The molecule has 1 fully saturated rings. The largest absolute Gasteiger partial charge is 0.493 e. The van der Waals surface area contributed by atoms with Crippen molar-refractivity contribution in [1.82, 2.24) is 10.2 Å². The topological polar surface area (TPSA) is 94.2 Å². The minimum Gasteiger partial charge on any atom is -0.493 e. The Kier molecular flexibility index (Phi) is 9.38. The first-order chi connectivity index (χ1) is 14.3. The summed E-state index contributed by atoms with van der Waals surface area (Å²) in [6.45, 7) is 4.95. The van der Waals surface area contributed by atoms with Gasteiger partial charge in [-0.15, -0.1) is 0 Å². The summed E-state index contributed by atoms with van der Waals surface area (Å²) in [5.74, 6) is 0.733. The molecule has 1 aliphatic rings. The standard InChI is InChI=1S/C21H34N2O6S/c1-5-23-11-8-10-17(23)15-22-21(24)18-13-16(14-19(27-2)20(18)28-3)9-6-7-12-29-30(4,25)26/h13-14,17H,5-12,15H2,1-4H3,(H,22,24)/t17-/m0/s1. The van der Waals surface area contributed by atoms with E-state index < -0.39 is 10.1 Å². The van der Waals surface area contributed by atoms with Crippen molar-refractivity contribution in [3.05, 3.63) is 23.3 Å². The van der Waals surface area contributed by atoms with Crippen LogP contribution in [0.4, 0.5) is 0 Å². The predicted molar refractivity (Wildman–Crippen MR) is 116 cm³/mol. The lowest BCUT2D eigenvalue weighted by Crippen LogP contribution is -2.40. The molecule has 0 spiro atoms. The highest BCUT2D eigenvalue weighted by Crippen LogP contribution is 2.33. The molecule has 0 aliphatic carbocycles. The van der Waals surface area contributed by atoms with Crippen LogP contribution in [0.1, 0.15) is 48.5 Å². The second kappa shape index (κ2) is 11.5. The molecule has 1 aromatic carbocycles. The summed E-state index contributed by atoms with van der Waals surface area (Å²) < 4.78 is 37.7. The number of carbonyl (C=O) groups excluding carboxylic acids is 1. The van der Waals surface area contributed by atoms with E-state index in [2.05, 4.69) is 17.1 Å². The van der Waals surface area contributed by atoms with Crippen molar-refractivity contribution in [3.63, 3.8) is 0 Å². The molecule has 8 nitrogen and oxygen atoms in total. The second-order valence-corrected chi connectivity index (χ2v) is 9.14. The highest BCUT2D eigenvalue weighted by Gasteiger charge is 2.25. The molecule has 2 rings (SSSR count). The molecule has 170 valence electrons. The number of likely N-dealkylation sites (tertiary alicyclic amines) is 1. The summed E-state index contributed by atoms with van der Waals surface area (Å²) in [4.78, 5) is 15.3. The summed E-state index contributed by atoms with van der Waals surface area (Å²) in [7, 11) is -0.356. The zero-order chi connectivity index (χ0) is 22.1. The lowest BCUT2D eigenvalue weighted by Gasteiger charge is -2.23. The molecule has 0 bridgehead atoms. The Hall–Kier alpha value is -1.84. The maximum Gasteiger partial charge on any atom is 0.264 e.